The molecule has 0 saturated carbocycles. The van der Waals surface area contributed by atoms with Gasteiger partial charge in [-0.1, -0.05) is 36.4 Å². The van der Waals surface area contributed by atoms with E-state index in [4.69, 9.17) is 10.5 Å². The average Bonchev–Trinajstić information content (AvgIpc) is 2.82. The van der Waals surface area contributed by atoms with Crippen molar-refractivity contribution in [1.29, 1.82) is 0 Å². The number of allylic oxidation sites excluding steroid dienone is 3. The highest BCUT2D eigenvalue weighted by Crippen LogP contribution is 2.44. The fourth-order valence-electron chi connectivity index (χ4n) is 3.38. The molecule has 2 N–H and O–H groups in total. The van der Waals surface area contributed by atoms with Gasteiger partial charge in [0.2, 0.25) is 0 Å². The standard InChI is InChI=1S/C17H19NO2/c1-20-17(19)16-14-8-7-12(9-13(14)10-15(16)18)11-5-3-2-4-6-11/h2-6,9-10,12,14,16H,7-8,18H2,1H3. The number of esters is 1. The second-order valence-electron chi connectivity index (χ2n) is 5.51. The Morgan fingerprint density at radius 1 is 1.25 bits per heavy atom. The molecule has 1 aromatic rings. The van der Waals surface area contributed by atoms with Crippen LogP contribution in [0, 0.1) is 11.8 Å². The molecular weight excluding hydrogens is 250 g/mol. The van der Waals surface area contributed by atoms with Crippen LogP contribution in [0.4, 0.5) is 0 Å². The number of hydrogen-bond acceptors (Lipinski definition) is 3. The van der Waals surface area contributed by atoms with Crippen LogP contribution >= 0.6 is 0 Å². The lowest BCUT2D eigenvalue weighted by atomic mass is 9.77. The van der Waals surface area contributed by atoms with Gasteiger partial charge in [-0.15, -0.1) is 0 Å². The lowest BCUT2D eigenvalue weighted by molar-refractivity contribution is -0.145. The van der Waals surface area contributed by atoms with Gasteiger partial charge in [-0.25, -0.2) is 0 Å². The summed E-state index contributed by atoms with van der Waals surface area (Å²) < 4.78 is 4.88. The van der Waals surface area contributed by atoms with Gasteiger partial charge in [0, 0.05) is 17.5 Å². The van der Waals surface area contributed by atoms with E-state index in [-0.39, 0.29) is 17.8 Å². The maximum absolute atomic E-state index is 11.9. The highest BCUT2D eigenvalue weighted by molar-refractivity contribution is 5.78. The van der Waals surface area contributed by atoms with Crippen LogP contribution in [-0.2, 0) is 9.53 Å². The molecule has 0 amide bonds. The first kappa shape index (κ1) is 13.0. The number of methoxy groups -OCH3 is 1. The second kappa shape index (κ2) is 5.16. The van der Waals surface area contributed by atoms with Crippen molar-refractivity contribution >= 4 is 5.97 Å². The van der Waals surface area contributed by atoms with E-state index in [1.807, 2.05) is 12.1 Å². The van der Waals surface area contributed by atoms with E-state index in [0.717, 1.165) is 12.8 Å². The number of benzene rings is 1. The summed E-state index contributed by atoms with van der Waals surface area (Å²) in [5.41, 5.74) is 9.18. The van der Waals surface area contributed by atoms with Gasteiger partial charge in [0.25, 0.3) is 0 Å². The van der Waals surface area contributed by atoms with E-state index in [2.05, 4.69) is 30.3 Å². The van der Waals surface area contributed by atoms with Crippen molar-refractivity contribution in [2.45, 2.75) is 18.8 Å². The Morgan fingerprint density at radius 3 is 2.70 bits per heavy atom. The lowest BCUT2D eigenvalue weighted by Crippen LogP contribution is -2.28. The predicted octanol–water partition coefficient (Wildman–Crippen LogP) is 2.75. The van der Waals surface area contributed by atoms with Crippen LogP contribution in [0.1, 0.15) is 24.3 Å². The topological polar surface area (TPSA) is 52.3 Å². The van der Waals surface area contributed by atoms with Gasteiger partial charge in [0.15, 0.2) is 0 Å². The van der Waals surface area contributed by atoms with Crippen LogP contribution < -0.4 is 5.73 Å². The number of fused-ring (bicyclic) bond motifs is 1. The number of hydrogen-bond donors (Lipinski definition) is 1. The Balaban J connectivity index is 1.88. The Labute approximate surface area is 119 Å². The lowest BCUT2D eigenvalue weighted by Gasteiger charge is -2.27. The molecule has 0 saturated heterocycles. The van der Waals surface area contributed by atoms with Crippen LogP contribution in [-0.4, -0.2) is 13.1 Å². The van der Waals surface area contributed by atoms with Crippen molar-refractivity contribution < 1.29 is 9.53 Å². The molecule has 0 aliphatic heterocycles. The van der Waals surface area contributed by atoms with Crippen molar-refractivity contribution in [2.75, 3.05) is 7.11 Å². The maximum Gasteiger partial charge on any atom is 0.315 e. The first-order valence-electron chi connectivity index (χ1n) is 7.02. The normalized spacial score (nSPS) is 28.4. The smallest absolute Gasteiger partial charge is 0.315 e. The van der Waals surface area contributed by atoms with Crippen molar-refractivity contribution in [3.8, 4) is 0 Å². The zero-order chi connectivity index (χ0) is 14.1. The van der Waals surface area contributed by atoms with Crippen molar-refractivity contribution in [1.82, 2.24) is 0 Å². The second-order valence-corrected chi connectivity index (χ2v) is 5.51. The number of carbonyl (C=O) groups is 1. The van der Waals surface area contributed by atoms with Gasteiger partial charge in [-0.3, -0.25) is 4.79 Å². The summed E-state index contributed by atoms with van der Waals surface area (Å²) in [5, 5.41) is 0. The van der Waals surface area contributed by atoms with E-state index in [0.29, 0.717) is 11.6 Å². The van der Waals surface area contributed by atoms with Crippen LogP contribution in [0.5, 0.6) is 0 Å². The fourth-order valence-corrected chi connectivity index (χ4v) is 3.38. The van der Waals surface area contributed by atoms with Crippen molar-refractivity contribution in [3.05, 3.63) is 59.3 Å². The molecule has 2 aliphatic carbocycles. The largest absolute Gasteiger partial charge is 0.468 e. The Kier molecular flexibility index (Phi) is 3.35. The molecule has 104 valence electrons. The summed E-state index contributed by atoms with van der Waals surface area (Å²) in [6.45, 7) is 0. The van der Waals surface area contributed by atoms with E-state index in [1.54, 1.807) is 0 Å². The summed E-state index contributed by atoms with van der Waals surface area (Å²) in [5.74, 6) is 0.110. The molecule has 2 aliphatic rings. The first-order valence-corrected chi connectivity index (χ1v) is 7.02. The third-order valence-electron chi connectivity index (χ3n) is 4.39. The highest BCUT2D eigenvalue weighted by atomic mass is 16.5. The van der Waals surface area contributed by atoms with Gasteiger partial charge in [-0.05, 0) is 30.1 Å². The molecule has 3 nitrogen and oxygen atoms in total. The minimum Gasteiger partial charge on any atom is -0.468 e. The quantitative estimate of drug-likeness (QED) is 0.840. The van der Waals surface area contributed by atoms with Gasteiger partial charge in [0.1, 0.15) is 5.92 Å². The Bertz CT molecular complexity index is 574. The minimum atomic E-state index is -0.289. The summed E-state index contributed by atoms with van der Waals surface area (Å²) in [6.07, 6.45) is 6.25. The fraction of sp³-hybridized carbons (Fsp3) is 0.353. The van der Waals surface area contributed by atoms with Gasteiger partial charge >= 0.3 is 5.97 Å². The van der Waals surface area contributed by atoms with Crippen LogP contribution in [0.15, 0.2) is 53.8 Å². The van der Waals surface area contributed by atoms with Gasteiger partial charge in [0.05, 0.1) is 7.11 Å². The van der Waals surface area contributed by atoms with Gasteiger partial charge in [-0.2, -0.15) is 0 Å². The predicted molar refractivity (Wildman–Crippen MR) is 77.8 cm³/mol. The molecule has 0 radical (unpaired) electrons. The van der Waals surface area contributed by atoms with Crippen molar-refractivity contribution in [2.24, 2.45) is 17.6 Å². The molecule has 0 aromatic heterocycles. The molecule has 3 unspecified atom stereocenters. The summed E-state index contributed by atoms with van der Waals surface area (Å²) in [7, 11) is 1.42. The highest BCUT2D eigenvalue weighted by Gasteiger charge is 2.40. The summed E-state index contributed by atoms with van der Waals surface area (Å²) >= 11 is 0. The van der Waals surface area contributed by atoms with E-state index in [1.165, 1.54) is 18.2 Å². The number of nitrogens with two attached hydrogens (primary N) is 1. The molecule has 0 bridgehead atoms. The first-order chi connectivity index (χ1) is 9.70. The number of ether oxygens (including phenoxy) is 1. The van der Waals surface area contributed by atoms with Crippen LogP contribution in [0.3, 0.4) is 0 Å². The summed E-state index contributed by atoms with van der Waals surface area (Å²) in [4.78, 5) is 11.9. The summed E-state index contributed by atoms with van der Waals surface area (Å²) in [6, 6.07) is 10.5. The Morgan fingerprint density at radius 2 is 2.00 bits per heavy atom. The SMILES string of the molecule is COC(=O)C1C(N)=CC2=CC(c3ccccc3)CCC21. The monoisotopic (exact) mass is 269 g/mol. The average molecular weight is 269 g/mol. The van der Waals surface area contributed by atoms with Crippen LogP contribution in [0.25, 0.3) is 0 Å². The third kappa shape index (κ3) is 2.13. The number of rotatable bonds is 2. The minimum absolute atomic E-state index is 0.197. The molecule has 1 aromatic carbocycles. The molecule has 0 heterocycles. The molecule has 20 heavy (non-hydrogen) atoms. The molecule has 3 rings (SSSR count). The molecule has 0 fully saturated rings. The zero-order valence-electron chi connectivity index (χ0n) is 11.6. The van der Waals surface area contributed by atoms with Crippen LogP contribution in [0.2, 0.25) is 0 Å². The van der Waals surface area contributed by atoms with Crippen molar-refractivity contribution in [3.63, 3.8) is 0 Å². The van der Waals surface area contributed by atoms with E-state index in [9.17, 15) is 4.79 Å². The molecular formula is C17H19NO2. The zero-order valence-corrected chi connectivity index (χ0v) is 11.6. The third-order valence-corrected chi connectivity index (χ3v) is 4.39. The maximum atomic E-state index is 11.9. The Hall–Kier alpha value is -2.03. The molecule has 3 atom stereocenters. The molecule has 3 heteroatoms. The van der Waals surface area contributed by atoms with E-state index >= 15 is 0 Å². The number of carbonyl (C=O) groups excluding carboxylic acids is 1. The molecule has 0 spiro atoms. The van der Waals surface area contributed by atoms with E-state index < -0.39 is 0 Å². The van der Waals surface area contributed by atoms with Gasteiger partial charge < -0.3 is 10.5 Å².